The minimum absolute atomic E-state index is 0.272. The molecule has 3 heterocycles. The number of hydrogen-bond donors (Lipinski definition) is 1. The van der Waals surface area contributed by atoms with E-state index in [0.717, 1.165) is 5.82 Å². The molecule has 11 heteroatoms. The Bertz CT molecular complexity index is 731. The number of fused-ring (bicyclic) bond motifs is 1. The molecule has 0 amide bonds. The molecule has 1 N–H and O–H groups in total. The number of aryl methyl sites for hydroxylation is 1. The summed E-state index contributed by atoms with van der Waals surface area (Å²) in [5, 5.41) is 3.07. The Balaban J connectivity index is 2.05. The first-order valence-corrected chi connectivity index (χ1v) is 8.89. The first-order valence-electron chi connectivity index (χ1n) is 7.95. The highest BCUT2D eigenvalue weighted by Gasteiger charge is 2.47. The van der Waals surface area contributed by atoms with Crippen LogP contribution in [0.3, 0.4) is 0 Å². The molecule has 138 valence electrons. The van der Waals surface area contributed by atoms with Gasteiger partial charge in [-0.1, -0.05) is 6.92 Å². The van der Waals surface area contributed by atoms with Crippen LogP contribution < -0.4 is 5.32 Å². The van der Waals surface area contributed by atoms with Crippen molar-refractivity contribution in [3.8, 4) is 0 Å². The summed E-state index contributed by atoms with van der Waals surface area (Å²) in [5.41, 5.74) is 1.37. The Morgan fingerprint density at radius 1 is 1.28 bits per heavy atom. The highest BCUT2D eigenvalue weighted by molar-refractivity contribution is 7.10. The molecule has 6 atom stereocenters. The topological polar surface area (TPSA) is 92.6 Å². The van der Waals surface area contributed by atoms with E-state index >= 15 is 0 Å². The smallest absolute Gasteiger partial charge is 0.167 e. The van der Waals surface area contributed by atoms with E-state index in [4.69, 9.17) is 18.5 Å². The number of rotatable bonds is 7. The standard InChI is InChI=1S/C14H23N5O4P2/c1-4-8-17-12(15-2)9-13(18-8)19(6-16-9)14-11(23-25)10(22-24)7(21-14)5-20-3/h6-7,10-11,14H,4-5,24-25H2,1-3H3,(H,15,17,18). The fourth-order valence-electron chi connectivity index (χ4n) is 3.02. The van der Waals surface area contributed by atoms with Crippen LogP contribution in [0, 0.1) is 0 Å². The molecule has 2 aromatic heterocycles. The van der Waals surface area contributed by atoms with Gasteiger partial charge >= 0.3 is 0 Å². The number of nitrogens with zero attached hydrogens (tertiary/aromatic N) is 4. The van der Waals surface area contributed by atoms with Crippen molar-refractivity contribution in [1.82, 2.24) is 19.5 Å². The van der Waals surface area contributed by atoms with Gasteiger partial charge < -0.3 is 23.8 Å². The minimum Gasteiger partial charge on any atom is -0.382 e. The molecular weight excluding hydrogens is 364 g/mol. The molecule has 0 saturated carbocycles. The van der Waals surface area contributed by atoms with Gasteiger partial charge in [0.15, 0.2) is 23.2 Å². The van der Waals surface area contributed by atoms with Gasteiger partial charge in [-0.05, 0) is 0 Å². The van der Waals surface area contributed by atoms with E-state index in [1.165, 1.54) is 0 Å². The van der Waals surface area contributed by atoms with E-state index < -0.39 is 6.23 Å². The SMILES string of the molecule is CCc1nc(NC)c2ncn(C3OC(COC)C(OP)C3OP)c2n1. The van der Waals surface area contributed by atoms with Crippen molar-refractivity contribution < 1.29 is 18.5 Å². The quantitative estimate of drug-likeness (QED) is 0.712. The van der Waals surface area contributed by atoms with Gasteiger partial charge in [0.1, 0.15) is 24.1 Å². The van der Waals surface area contributed by atoms with Crippen molar-refractivity contribution >= 4 is 35.9 Å². The predicted octanol–water partition coefficient (Wildman–Crippen LogP) is 1.32. The molecule has 0 aliphatic carbocycles. The number of hydrogen-bond acceptors (Lipinski definition) is 8. The van der Waals surface area contributed by atoms with E-state index in [9.17, 15) is 0 Å². The first kappa shape index (κ1) is 18.8. The molecule has 25 heavy (non-hydrogen) atoms. The number of ether oxygens (including phenoxy) is 2. The molecule has 0 spiro atoms. The van der Waals surface area contributed by atoms with Crippen LogP contribution >= 0.6 is 18.9 Å². The molecule has 0 radical (unpaired) electrons. The monoisotopic (exact) mass is 387 g/mol. The maximum absolute atomic E-state index is 6.15. The van der Waals surface area contributed by atoms with Crippen molar-refractivity contribution in [2.75, 3.05) is 26.1 Å². The number of methoxy groups -OCH3 is 1. The van der Waals surface area contributed by atoms with Crippen molar-refractivity contribution in [3.63, 3.8) is 0 Å². The van der Waals surface area contributed by atoms with Gasteiger partial charge in [0, 0.05) is 39.5 Å². The lowest BCUT2D eigenvalue weighted by molar-refractivity contribution is -0.0528. The normalized spacial score (nSPS) is 26.4. The molecule has 6 unspecified atom stereocenters. The van der Waals surface area contributed by atoms with Crippen LogP contribution in [0.2, 0.25) is 0 Å². The van der Waals surface area contributed by atoms with Crippen molar-refractivity contribution in [2.45, 2.75) is 37.9 Å². The lowest BCUT2D eigenvalue weighted by Gasteiger charge is -2.21. The van der Waals surface area contributed by atoms with E-state index in [2.05, 4.69) is 39.2 Å². The molecule has 1 fully saturated rings. The predicted molar refractivity (Wildman–Crippen MR) is 99.2 cm³/mol. The molecule has 9 nitrogen and oxygen atoms in total. The maximum atomic E-state index is 6.15. The largest absolute Gasteiger partial charge is 0.382 e. The van der Waals surface area contributed by atoms with Crippen LogP contribution in [-0.4, -0.2) is 58.6 Å². The Labute approximate surface area is 150 Å². The second-order valence-electron chi connectivity index (χ2n) is 5.64. The van der Waals surface area contributed by atoms with Crippen molar-refractivity contribution in [2.24, 2.45) is 0 Å². The summed E-state index contributed by atoms with van der Waals surface area (Å²) in [5.74, 6) is 1.42. The molecule has 1 aliphatic rings. The third-order valence-corrected chi connectivity index (χ3v) is 4.85. The third kappa shape index (κ3) is 3.37. The van der Waals surface area contributed by atoms with Crippen molar-refractivity contribution in [3.05, 3.63) is 12.2 Å². The summed E-state index contributed by atoms with van der Waals surface area (Å²) in [6.45, 7) is 2.40. The molecule has 1 saturated heterocycles. The van der Waals surface area contributed by atoms with Crippen LogP contribution in [-0.2, 0) is 24.9 Å². The zero-order valence-electron chi connectivity index (χ0n) is 14.4. The van der Waals surface area contributed by atoms with E-state index in [1.807, 2.05) is 18.5 Å². The van der Waals surface area contributed by atoms with Crippen LogP contribution in [0.5, 0.6) is 0 Å². The Kier molecular flexibility index (Phi) is 6.15. The summed E-state index contributed by atoms with van der Waals surface area (Å²) in [6, 6.07) is 0. The highest BCUT2D eigenvalue weighted by atomic mass is 31.0. The summed E-state index contributed by atoms with van der Waals surface area (Å²) in [4.78, 5) is 13.6. The van der Waals surface area contributed by atoms with E-state index in [0.29, 0.717) is 30.0 Å². The number of aromatic nitrogens is 4. The van der Waals surface area contributed by atoms with Crippen molar-refractivity contribution in [1.29, 1.82) is 0 Å². The second kappa shape index (κ2) is 8.16. The zero-order valence-corrected chi connectivity index (χ0v) is 16.7. The average Bonchev–Trinajstić information content (AvgIpc) is 3.21. The Hall–Kier alpha value is -0.950. The Morgan fingerprint density at radius 2 is 2.04 bits per heavy atom. The van der Waals surface area contributed by atoms with Gasteiger partial charge in [-0.3, -0.25) is 4.57 Å². The molecule has 1 aliphatic heterocycles. The number of imidazole rings is 1. The zero-order chi connectivity index (χ0) is 18.0. The van der Waals surface area contributed by atoms with Gasteiger partial charge in [-0.25, -0.2) is 15.0 Å². The molecule has 2 aromatic rings. The fraction of sp³-hybridized carbons (Fsp3) is 0.643. The van der Waals surface area contributed by atoms with Crippen LogP contribution in [0.1, 0.15) is 19.0 Å². The maximum Gasteiger partial charge on any atom is 0.167 e. The number of nitrogens with one attached hydrogen (secondary N) is 1. The van der Waals surface area contributed by atoms with Crippen LogP contribution in [0.25, 0.3) is 11.2 Å². The summed E-state index contributed by atoms with van der Waals surface area (Å²) in [7, 11) is 8.00. The molecule has 0 aromatic carbocycles. The highest BCUT2D eigenvalue weighted by Crippen LogP contribution is 2.37. The molecule has 3 rings (SSSR count). The minimum atomic E-state index is -0.447. The van der Waals surface area contributed by atoms with Gasteiger partial charge in [-0.15, -0.1) is 0 Å². The fourth-order valence-corrected chi connectivity index (χ4v) is 3.64. The lowest BCUT2D eigenvalue weighted by Crippen LogP contribution is -2.34. The molecular formula is C14H23N5O4P2. The van der Waals surface area contributed by atoms with Gasteiger partial charge in [0.05, 0.1) is 12.9 Å². The van der Waals surface area contributed by atoms with Crippen LogP contribution in [0.15, 0.2) is 6.33 Å². The number of anilines is 1. The summed E-state index contributed by atoms with van der Waals surface area (Å²) < 4.78 is 24.3. The Morgan fingerprint density at radius 3 is 2.64 bits per heavy atom. The van der Waals surface area contributed by atoms with Gasteiger partial charge in [0.25, 0.3) is 0 Å². The van der Waals surface area contributed by atoms with Gasteiger partial charge in [0.2, 0.25) is 0 Å². The lowest BCUT2D eigenvalue weighted by atomic mass is 10.1. The summed E-state index contributed by atoms with van der Waals surface area (Å²) >= 11 is 0. The molecule has 0 bridgehead atoms. The first-order chi connectivity index (χ1) is 12.2. The van der Waals surface area contributed by atoms with E-state index in [1.54, 1.807) is 13.4 Å². The van der Waals surface area contributed by atoms with E-state index in [-0.39, 0.29) is 18.3 Å². The van der Waals surface area contributed by atoms with Crippen LogP contribution in [0.4, 0.5) is 5.82 Å². The third-order valence-electron chi connectivity index (χ3n) is 4.23. The second-order valence-corrected chi connectivity index (χ2v) is 6.18. The average molecular weight is 387 g/mol. The van der Waals surface area contributed by atoms with Gasteiger partial charge in [-0.2, -0.15) is 0 Å². The summed E-state index contributed by atoms with van der Waals surface area (Å²) in [6.07, 6.45) is 1.02.